The molecule has 0 saturated carbocycles. The van der Waals surface area contributed by atoms with Crippen molar-refractivity contribution in [1.29, 1.82) is 0 Å². The number of nitrogens with one attached hydrogen (secondary N) is 1. The summed E-state index contributed by atoms with van der Waals surface area (Å²) in [5.74, 6) is 1.35. The van der Waals surface area contributed by atoms with Gasteiger partial charge in [-0.15, -0.1) is 11.8 Å². The van der Waals surface area contributed by atoms with Crippen LogP contribution in [-0.4, -0.2) is 36.2 Å². The maximum absolute atomic E-state index is 14.0. The SMILES string of the molecule is COc1cccc(CN2C(=O)[C@]3(SCCN3C(=O)Nc3cccc(C)c3)c3ccccc32)c1. The zero-order chi connectivity index (χ0) is 23.0. The van der Waals surface area contributed by atoms with E-state index in [-0.39, 0.29) is 11.9 Å². The van der Waals surface area contributed by atoms with Crippen molar-refractivity contribution in [1.82, 2.24) is 4.90 Å². The maximum Gasteiger partial charge on any atom is 0.323 e. The second kappa shape index (κ2) is 8.48. The first-order valence-corrected chi connectivity index (χ1v) is 11.8. The van der Waals surface area contributed by atoms with E-state index in [2.05, 4.69) is 5.32 Å². The molecule has 1 spiro atoms. The van der Waals surface area contributed by atoms with Gasteiger partial charge in [0.05, 0.1) is 19.3 Å². The summed E-state index contributed by atoms with van der Waals surface area (Å²) in [5.41, 5.74) is 4.45. The lowest BCUT2D eigenvalue weighted by atomic mass is 10.1. The molecule has 0 aromatic heterocycles. The Bertz CT molecular complexity index is 1230. The van der Waals surface area contributed by atoms with Gasteiger partial charge in [0.2, 0.25) is 0 Å². The molecular weight excluding hydrogens is 434 g/mol. The molecule has 33 heavy (non-hydrogen) atoms. The number of hydrogen-bond donors (Lipinski definition) is 1. The van der Waals surface area contributed by atoms with Crippen LogP contribution in [0.25, 0.3) is 0 Å². The molecule has 0 unspecified atom stereocenters. The van der Waals surface area contributed by atoms with E-state index in [0.29, 0.717) is 18.8 Å². The molecule has 0 bridgehead atoms. The number of urea groups is 1. The number of carbonyl (C=O) groups is 2. The molecule has 2 heterocycles. The van der Waals surface area contributed by atoms with Crippen LogP contribution < -0.4 is 15.0 Å². The highest BCUT2D eigenvalue weighted by atomic mass is 32.2. The third kappa shape index (κ3) is 3.62. The summed E-state index contributed by atoms with van der Waals surface area (Å²) in [5, 5.41) is 2.99. The van der Waals surface area contributed by atoms with Gasteiger partial charge in [-0.1, -0.05) is 42.5 Å². The Morgan fingerprint density at radius 3 is 2.73 bits per heavy atom. The number of para-hydroxylation sites is 1. The number of rotatable bonds is 4. The van der Waals surface area contributed by atoms with Gasteiger partial charge in [-0.05, 0) is 48.4 Å². The molecule has 0 radical (unpaired) electrons. The number of benzene rings is 3. The molecule has 7 heteroatoms. The number of carbonyl (C=O) groups excluding carboxylic acids is 2. The van der Waals surface area contributed by atoms with Gasteiger partial charge in [0.15, 0.2) is 4.87 Å². The summed E-state index contributed by atoms with van der Waals surface area (Å²) in [6.45, 7) is 2.88. The molecule has 0 aliphatic carbocycles. The number of ether oxygens (including phenoxy) is 1. The first-order valence-electron chi connectivity index (χ1n) is 10.9. The smallest absolute Gasteiger partial charge is 0.323 e. The average molecular weight is 460 g/mol. The summed E-state index contributed by atoms with van der Waals surface area (Å²) in [4.78, 5) is 29.8. The Kier molecular flexibility index (Phi) is 5.50. The van der Waals surface area contributed by atoms with Gasteiger partial charge in [0.1, 0.15) is 5.75 Å². The predicted octanol–water partition coefficient (Wildman–Crippen LogP) is 4.98. The predicted molar refractivity (Wildman–Crippen MR) is 132 cm³/mol. The zero-order valence-corrected chi connectivity index (χ0v) is 19.4. The van der Waals surface area contributed by atoms with Crippen LogP contribution in [0.3, 0.4) is 0 Å². The number of thioether (sulfide) groups is 1. The highest BCUT2D eigenvalue weighted by molar-refractivity contribution is 8.01. The van der Waals surface area contributed by atoms with E-state index in [1.165, 1.54) is 11.8 Å². The van der Waals surface area contributed by atoms with Crippen LogP contribution in [0.1, 0.15) is 16.7 Å². The molecule has 3 aromatic carbocycles. The van der Waals surface area contributed by atoms with Gasteiger partial charge in [-0.2, -0.15) is 0 Å². The fourth-order valence-corrected chi connectivity index (χ4v) is 6.05. The molecule has 1 saturated heterocycles. The summed E-state index contributed by atoms with van der Waals surface area (Å²) < 4.78 is 5.35. The Balaban J connectivity index is 1.50. The molecule has 5 rings (SSSR count). The van der Waals surface area contributed by atoms with Gasteiger partial charge in [0.25, 0.3) is 5.91 Å². The lowest BCUT2D eigenvalue weighted by molar-refractivity contribution is -0.123. The van der Waals surface area contributed by atoms with Gasteiger partial charge < -0.3 is 15.0 Å². The van der Waals surface area contributed by atoms with Crippen LogP contribution in [0.5, 0.6) is 5.75 Å². The number of methoxy groups -OCH3 is 1. The second-order valence-electron chi connectivity index (χ2n) is 8.20. The molecule has 6 nitrogen and oxygen atoms in total. The number of nitrogens with zero attached hydrogens (tertiary/aromatic N) is 2. The van der Waals surface area contributed by atoms with Crippen LogP contribution in [0.2, 0.25) is 0 Å². The number of hydrogen-bond acceptors (Lipinski definition) is 4. The van der Waals surface area contributed by atoms with E-state index in [1.54, 1.807) is 16.9 Å². The fraction of sp³-hybridized carbons (Fsp3) is 0.231. The number of fused-ring (bicyclic) bond motifs is 2. The highest BCUT2D eigenvalue weighted by Crippen LogP contribution is 2.54. The Morgan fingerprint density at radius 1 is 1.09 bits per heavy atom. The summed E-state index contributed by atoms with van der Waals surface area (Å²) in [7, 11) is 1.63. The standard InChI is InChI=1S/C26H25N3O3S/c1-18-7-5-9-20(15-18)27-25(31)29-13-14-33-26(29)22-11-3-4-12-23(22)28(24(26)30)17-19-8-6-10-21(16-19)32-2/h3-12,15-16H,13-14,17H2,1-2H3,(H,27,31)/t26-/m1/s1. The largest absolute Gasteiger partial charge is 0.497 e. The minimum Gasteiger partial charge on any atom is -0.497 e. The van der Waals surface area contributed by atoms with Crippen LogP contribution in [-0.2, 0) is 16.2 Å². The number of aryl methyl sites for hydroxylation is 1. The van der Waals surface area contributed by atoms with E-state index in [4.69, 9.17) is 4.74 Å². The lowest BCUT2D eigenvalue weighted by Gasteiger charge is -2.33. The quantitative estimate of drug-likeness (QED) is 0.598. The van der Waals surface area contributed by atoms with Gasteiger partial charge >= 0.3 is 6.03 Å². The monoisotopic (exact) mass is 459 g/mol. The van der Waals surface area contributed by atoms with Gasteiger partial charge in [0, 0.05) is 23.5 Å². The minimum atomic E-state index is -1.07. The lowest BCUT2D eigenvalue weighted by Crippen LogP contribution is -2.51. The Labute approximate surface area is 197 Å². The van der Waals surface area contributed by atoms with Crippen molar-refractivity contribution in [3.05, 3.63) is 89.5 Å². The van der Waals surface area contributed by atoms with E-state index in [9.17, 15) is 9.59 Å². The van der Waals surface area contributed by atoms with Crippen molar-refractivity contribution in [2.45, 2.75) is 18.3 Å². The summed E-state index contributed by atoms with van der Waals surface area (Å²) in [6.07, 6.45) is 0. The number of amides is 3. The van der Waals surface area contributed by atoms with Crippen molar-refractivity contribution in [3.8, 4) is 5.75 Å². The van der Waals surface area contributed by atoms with Crippen molar-refractivity contribution in [2.24, 2.45) is 0 Å². The molecule has 3 aromatic rings. The normalized spacial score (nSPS) is 19.2. The van der Waals surface area contributed by atoms with E-state index in [1.807, 2.05) is 79.7 Å². The first kappa shape index (κ1) is 21.4. The van der Waals surface area contributed by atoms with Crippen LogP contribution >= 0.6 is 11.8 Å². The third-order valence-corrected chi connectivity index (χ3v) is 7.51. The fourth-order valence-electron chi connectivity index (χ4n) is 4.59. The Hall–Kier alpha value is -3.45. The van der Waals surface area contributed by atoms with Crippen molar-refractivity contribution < 1.29 is 14.3 Å². The highest BCUT2D eigenvalue weighted by Gasteiger charge is 2.59. The molecule has 2 aliphatic rings. The maximum atomic E-state index is 14.0. The molecule has 2 aliphatic heterocycles. The molecule has 1 N–H and O–H groups in total. The van der Waals surface area contributed by atoms with Crippen molar-refractivity contribution >= 4 is 35.1 Å². The van der Waals surface area contributed by atoms with Crippen LogP contribution in [0, 0.1) is 6.92 Å². The molecule has 3 amide bonds. The van der Waals surface area contributed by atoms with E-state index in [0.717, 1.165) is 33.8 Å². The minimum absolute atomic E-state index is 0.0894. The van der Waals surface area contributed by atoms with Gasteiger partial charge in [-0.3, -0.25) is 9.69 Å². The first-order chi connectivity index (χ1) is 16.0. The van der Waals surface area contributed by atoms with Crippen LogP contribution in [0.4, 0.5) is 16.2 Å². The molecule has 1 atom stereocenters. The third-order valence-electron chi connectivity index (χ3n) is 6.09. The topological polar surface area (TPSA) is 61.9 Å². The van der Waals surface area contributed by atoms with Crippen molar-refractivity contribution in [3.63, 3.8) is 0 Å². The average Bonchev–Trinajstić information content (AvgIpc) is 3.37. The van der Waals surface area contributed by atoms with Gasteiger partial charge in [-0.25, -0.2) is 4.79 Å². The molecule has 1 fully saturated rings. The zero-order valence-electron chi connectivity index (χ0n) is 18.6. The van der Waals surface area contributed by atoms with E-state index < -0.39 is 4.87 Å². The summed E-state index contributed by atoms with van der Waals surface area (Å²) >= 11 is 1.52. The van der Waals surface area contributed by atoms with Crippen LogP contribution in [0.15, 0.2) is 72.8 Å². The Morgan fingerprint density at radius 2 is 1.91 bits per heavy atom. The van der Waals surface area contributed by atoms with E-state index >= 15 is 0 Å². The summed E-state index contributed by atoms with van der Waals surface area (Å²) in [6, 6.07) is 22.9. The second-order valence-corrected chi connectivity index (χ2v) is 9.49. The number of anilines is 2. The molecule has 168 valence electrons. The van der Waals surface area contributed by atoms with Crippen molar-refractivity contribution in [2.75, 3.05) is 29.6 Å². The molecular formula is C26H25N3O3S.